The maximum Gasteiger partial charge on any atom is 0.0370 e. The SMILES string of the molecule is NCCCN1CCN(c2ccc3c(c2)CCC3)CC1. The minimum atomic E-state index is 0.811. The number of benzene rings is 1. The average Bonchev–Trinajstić information content (AvgIpc) is 2.93. The molecule has 19 heavy (non-hydrogen) atoms. The molecule has 1 aliphatic heterocycles. The summed E-state index contributed by atoms with van der Waals surface area (Å²) in [5.41, 5.74) is 10.2. The first kappa shape index (κ1) is 12.9. The molecule has 3 heteroatoms. The Morgan fingerprint density at radius 2 is 1.79 bits per heavy atom. The van der Waals surface area contributed by atoms with Crippen LogP contribution in [0.15, 0.2) is 18.2 Å². The number of hydrogen-bond donors (Lipinski definition) is 1. The topological polar surface area (TPSA) is 32.5 Å². The monoisotopic (exact) mass is 259 g/mol. The van der Waals surface area contributed by atoms with Gasteiger partial charge in [-0.1, -0.05) is 6.07 Å². The molecule has 2 N–H and O–H groups in total. The molecule has 0 bridgehead atoms. The van der Waals surface area contributed by atoms with Crippen LogP contribution < -0.4 is 10.6 Å². The van der Waals surface area contributed by atoms with Crippen molar-refractivity contribution in [2.75, 3.05) is 44.2 Å². The van der Waals surface area contributed by atoms with Gasteiger partial charge >= 0.3 is 0 Å². The Morgan fingerprint density at radius 3 is 2.58 bits per heavy atom. The predicted molar refractivity (Wildman–Crippen MR) is 80.8 cm³/mol. The molecule has 0 unspecified atom stereocenters. The molecule has 1 fully saturated rings. The average molecular weight is 259 g/mol. The fraction of sp³-hybridized carbons (Fsp3) is 0.625. The van der Waals surface area contributed by atoms with Crippen LogP contribution in [0.2, 0.25) is 0 Å². The summed E-state index contributed by atoms with van der Waals surface area (Å²) in [5.74, 6) is 0. The molecule has 1 heterocycles. The number of aryl methyl sites for hydroxylation is 2. The van der Waals surface area contributed by atoms with Gasteiger partial charge < -0.3 is 10.6 Å². The van der Waals surface area contributed by atoms with E-state index in [4.69, 9.17) is 5.73 Å². The summed E-state index contributed by atoms with van der Waals surface area (Å²) in [7, 11) is 0. The third kappa shape index (κ3) is 2.93. The minimum absolute atomic E-state index is 0.811. The molecule has 104 valence electrons. The zero-order valence-corrected chi connectivity index (χ0v) is 11.8. The van der Waals surface area contributed by atoms with Crippen LogP contribution in [0.3, 0.4) is 0 Å². The van der Waals surface area contributed by atoms with Gasteiger partial charge in [-0.15, -0.1) is 0 Å². The van der Waals surface area contributed by atoms with E-state index in [-0.39, 0.29) is 0 Å². The van der Waals surface area contributed by atoms with Gasteiger partial charge in [0.25, 0.3) is 0 Å². The molecule has 0 atom stereocenters. The van der Waals surface area contributed by atoms with Crippen LogP contribution in [0.5, 0.6) is 0 Å². The van der Waals surface area contributed by atoms with Crippen LogP contribution in [0, 0.1) is 0 Å². The Labute approximate surface area is 116 Å². The third-order valence-corrected chi connectivity index (χ3v) is 4.50. The lowest BCUT2D eigenvalue weighted by Crippen LogP contribution is -2.46. The fourth-order valence-corrected chi connectivity index (χ4v) is 3.30. The molecule has 0 amide bonds. The molecule has 0 spiro atoms. The van der Waals surface area contributed by atoms with Gasteiger partial charge in [-0.25, -0.2) is 0 Å². The van der Waals surface area contributed by atoms with Crippen molar-refractivity contribution in [3.63, 3.8) is 0 Å². The van der Waals surface area contributed by atoms with E-state index in [1.165, 1.54) is 38.0 Å². The maximum atomic E-state index is 5.58. The van der Waals surface area contributed by atoms with E-state index in [0.717, 1.165) is 32.6 Å². The highest BCUT2D eigenvalue weighted by Crippen LogP contribution is 2.27. The van der Waals surface area contributed by atoms with E-state index in [1.807, 2.05) is 0 Å². The van der Waals surface area contributed by atoms with Crippen molar-refractivity contribution in [2.45, 2.75) is 25.7 Å². The quantitative estimate of drug-likeness (QED) is 0.892. The van der Waals surface area contributed by atoms with Crippen LogP contribution >= 0.6 is 0 Å². The van der Waals surface area contributed by atoms with Crippen molar-refractivity contribution in [1.82, 2.24) is 4.90 Å². The second kappa shape index (κ2) is 5.93. The molecule has 3 nitrogen and oxygen atoms in total. The van der Waals surface area contributed by atoms with Crippen molar-refractivity contribution in [3.05, 3.63) is 29.3 Å². The lowest BCUT2D eigenvalue weighted by molar-refractivity contribution is 0.256. The Balaban J connectivity index is 1.59. The largest absolute Gasteiger partial charge is 0.369 e. The normalized spacial score (nSPS) is 19.7. The van der Waals surface area contributed by atoms with Crippen molar-refractivity contribution in [3.8, 4) is 0 Å². The van der Waals surface area contributed by atoms with Gasteiger partial charge in [-0.05, 0) is 62.0 Å². The zero-order valence-electron chi connectivity index (χ0n) is 11.8. The summed E-state index contributed by atoms with van der Waals surface area (Å²) < 4.78 is 0. The number of nitrogens with two attached hydrogens (primary N) is 1. The summed E-state index contributed by atoms with van der Waals surface area (Å²) in [4.78, 5) is 5.08. The number of nitrogens with zero attached hydrogens (tertiary/aromatic N) is 2. The van der Waals surface area contributed by atoms with E-state index in [2.05, 4.69) is 28.0 Å². The molecular weight excluding hydrogens is 234 g/mol. The van der Waals surface area contributed by atoms with Gasteiger partial charge in [0.05, 0.1) is 0 Å². The lowest BCUT2D eigenvalue weighted by Gasteiger charge is -2.36. The van der Waals surface area contributed by atoms with Gasteiger partial charge in [-0.3, -0.25) is 4.90 Å². The van der Waals surface area contributed by atoms with E-state index >= 15 is 0 Å². The number of fused-ring (bicyclic) bond motifs is 1. The van der Waals surface area contributed by atoms with Crippen LogP contribution in [-0.4, -0.2) is 44.2 Å². The van der Waals surface area contributed by atoms with Crippen molar-refractivity contribution in [1.29, 1.82) is 0 Å². The highest BCUT2D eigenvalue weighted by atomic mass is 15.3. The standard InChI is InChI=1S/C16H25N3/c17-7-2-8-18-9-11-19(12-10-18)16-6-5-14-3-1-4-15(14)13-16/h5-6,13H,1-4,7-12,17H2. The van der Waals surface area contributed by atoms with Gasteiger partial charge in [-0.2, -0.15) is 0 Å². The summed E-state index contributed by atoms with van der Waals surface area (Å²) in [6.45, 7) is 6.64. The molecule has 1 saturated heterocycles. The second-order valence-electron chi connectivity index (χ2n) is 5.78. The van der Waals surface area contributed by atoms with Gasteiger partial charge in [0, 0.05) is 31.9 Å². The number of rotatable bonds is 4. The highest BCUT2D eigenvalue weighted by molar-refractivity contribution is 5.52. The minimum Gasteiger partial charge on any atom is -0.369 e. The van der Waals surface area contributed by atoms with Gasteiger partial charge in [0.1, 0.15) is 0 Å². The summed E-state index contributed by atoms with van der Waals surface area (Å²) in [6.07, 6.45) is 5.02. The van der Waals surface area contributed by atoms with Crippen LogP contribution in [0.4, 0.5) is 5.69 Å². The van der Waals surface area contributed by atoms with Gasteiger partial charge in [0.2, 0.25) is 0 Å². The summed E-state index contributed by atoms with van der Waals surface area (Å²) >= 11 is 0. The molecular formula is C16H25N3. The van der Waals surface area contributed by atoms with Crippen LogP contribution in [-0.2, 0) is 12.8 Å². The summed E-state index contributed by atoms with van der Waals surface area (Å²) in [5, 5.41) is 0. The molecule has 0 saturated carbocycles. The Kier molecular flexibility index (Phi) is 4.04. The maximum absolute atomic E-state index is 5.58. The van der Waals surface area contributed by atoms with E-state index in [1.54, 1.807) is 11.1 Å². The first-order valence-electron chi connectivity index (χ1n) is 7.66. The zero-order chi connectivity index (χ0) is 13.1. The number of piperazine rings is 1. The van der Waals surface area contributed by atoms with E-state index < -0.39 is 0 Å². The molecule has 1 aromatic rings. The molecule has 0 aromatic heterocycles. The summed E-state index contributed by atoms with van der Waals surface area (Å²) in [6, 6.07) is 7.09. The smallest absolute Gasteiger partial charge is 0.0370 e. The van der Waals surface area contributed by atoms with Crippen molar-refractivity contribution >= 4 is 5.69 Å². The molecule has 2 aliphatic rings. The fourth-order valence-electron chi connectivity index (χ4n) is 3.30. The molecule has 3 rings (SSSR count). The number of anilines is 1. The second-order valence-corrected chi connectivity index (χ2v) is 5.78. The van der Waals surface area contributed by atoms with E-state index in [9.17, 15) is 0 Å². The highest BCUT2D eigenvalue weighted by Gasteiger charge is 2.18. The first-order chi connectivity index (χ1) is 9.36. The third-order valence-electron chi connectivity index (χ3n) is 4.50. The van der Waals surface area contributed by atoms with Crippen LogP contribution in [0.1, 0.15) is 24.0 Å². The van der Waals surface area contributed by atoms with Crippen molar-refractivity contribution < 1.29 is 0 Å². The number of hydrogen-bond acceptors (Lipinski definition) is 3. The van der Waals surface area contributed by atoms with Crippen LogP contribution in [0.25, 0.3) is 0 Å². The molecule has 1 aliphatic carbocycles. The first-order valence-corrected chi connectivity index (χ1v) is 7.66. The van der Waals surface area contributed by atoms with E-state index in [0.29, 0.717) is 0 Å². The lowest BCUT2D eigenvalue weighted by atomic mass is 10.1. The molecule has 0 radical (unpaired) electrons. The Bertz CT molecular complexity index is 422. The van der Waals surface area contributed by atoms with Gasteiger partial charge in [0.15, 0.2) is 0 Å². The molecule has 1 aromatic carbocycles. The Morgan fingerprint density at radius 1 is 1.00 bits per heavy atom. The van der Waals surface area contributed by atoms with Crippen molar-refractivity contribution in [2.24, 2.45) is 5.73 Å². The predicted octanol–water partition coefficient (Wildman–Crippen LogP) is 1.65. The Hall–Kier alpha value is -1.06.